The predicted octanol–water partition coefficient (Wildman–Crippen LogP) is 3.62. The zero-order chi connectivity index (χ0) is 21.1. The van der Waals surface area contributed by atoms with E-state index < -0.39 is 11.2 Å². The SMILES string of the molecule is CCCCCCCCc1ccc(Nc2cc(=O)[nH]c(=O)n2CN(C=O)CC)cc1. The van der Waals surface area contributed by atoms with Gasteiger partial charge >= 0.3 is 5.69 Å². The Morgan fingerprint density at radius 2 is 1.72 bits per heavy atom. The van der Waals surface area contributed by atoms with Crippen LogP contribution in [0.15, 0.2) is 39.9 Å². The van der Waals surface area contributed by atoms with E-state index >= 15 is 0 Å². The number of aryl methyl sites for hydroxylation is 1. The lowest BCUT2D eigenvalue weighted by Crippen LogP contribution is -2.36. The van der Waals surface area contributed by atoms with Gasteiger partial charge in [-0.25, -0.2) is 4.79 Å². The molecular weight excluding hydrogens is 368 g/mol. The molecule has 1 aromatic heterocycles. The van der Waals surface area contributed by atoms with E-state index in [1.54, 1.807) is 0 Å². The van der Waals surface area contributed by atoms with Gasteiger partial charge in [0, 0.05) is 18.3 Å². The minimum absolute atomic E-state index is 0.0636. The lowest BCUT2D eigenvalue weighted by atomic mass is 10.0. The molecule has 1 amide bonds. The number of aromatic nitrogens is 2. The first-order valence-corrected chi connectivity index (χ1v) is 10.5. The maximum atomic E-state index is 12.2. The average Bonchev–Trinajstić information content (AvgIpc) is 2.71. The summed E-state index contributed by atoms with van der Waals surface area (Å²) in [5, 5.41) is 3.13. The average molecular weight is 401 g/mol. The van der Waals surface area contributed by atoms with Crippen molar-refractivity contribution >= 4 is 17.9 Å². The fraction of sp³-hybridized carbons (Fsp3) is 0.500. The van der Waals surface area contributed by atoms with Gasteiger partial charge in [0.25, 0.3) is 5.56 Å². The molecule has 29 heavy (non-hydrogen) atoms. The van der Waals surface area contributed by atoms with Crippen LogP contribution in [0.1, 0.15) is 57.9 Å². The zero-order valence-electron chi connectivity index (χ0n) is 17.4. The molecule has 158 valence electrons. The van der Waals surface area contributed by atoms with Gasteiger partial charge in [0.15, 0.2) is 0 Å². The van der Waals surface area contributed by atoms with Crippen LogP contribution in [0.25, 0.3) is 0 Å². The molecule has 0 atom stereocenters. The van der Waals surface area contributed by atoms with Crippen molar-refractivity contribution in [2.24, 2.45) is 0 Å². The van der Waals surface area contributed by atoms with Gasteiger partial charge in [-0.3, -0.25) is 19.1 Å². The normalized spacial score (nSPS) is 10.7. The van der Waals surface area contributed by atoms with Crippen molar-refractivity contribution in [3.8, 4) is 0 Å². The molecule has 7 heteroatoms. The molecule has 0 aliphatic carbocycles. The third-order valence-electron chi connectivity index (χ3n) is 4.96. The van der Waals surface area contributed by atoms with Crippen molar-refractivity contribution in [1.29, 1.82) is 0 Å². The number of carbonyl (C=O) groups excluding carboxylic acids is 1. The van der Waals surface area contributed by atoms with Gasteiger partial charge in [0.05, 0.1) is 0 Å². The van der Waals surface area contributed by atoms with E-state index in [1.807, 2.05) is 19.1 Å². The van der Waals surface area contributed by atoms with Crippen molar-refractivity contribution in [3.63, 3.8) is 0 Å². The number of hydrogen-bond acceptors (Lipinski definition) is 4. The summed E-state index contributed by atoms with van der Waals surface area (Å²) in [6.07, 6.45) is 9.36. The minimum Gasteiger partial charge on any atom is -0.341 e. The van der Waals surface area contributed by atoms with Gasteiger partial charge in [-0.05, 0) is 37.5 Å². The first-order chi connectivity index (χ1) is 14.1. The third-order valence-corrected chi connectivity index (χ3v) is 4.96. The van der Waals surface area contributed by atoms with E-state index in [4.69, 9.17) is 0 Å². The molecule has 2 rings (SSSR count). The maximum absolute atomic E-state index is 12.2. The molecular formula is C22H32N4O3. The van der Waals surface area contributed by atoms with Crippen LogP contribution >= 0.6 is 0 Å². The fourth-order valence-corrected chi connectivity index (χ4v) is 3.17. The molecule has 0 saturated carbocycles. The van der Waals surface area contributed by atoms with Crippen molar-refractivity contribution in [2.45, 2.75) is 65.5 Å². The first kappa shape index (κ1) is 22.5. The van der Waals surface area contributed by atoms with Crippen molar-refractivity contribution in [1.82, 2.24) is 14.5 Å². The molecule has 7 nitrogen and oxygen atoms in total. The monoisotopic (exact) mass is 400 g/mol. The molecule has 0 unspecified atom stereocenters. The molecule has 2 N–H and O–H groups in total. The number of hydrogen-bond donors (Lipinski definition) is 2. The van der Waals surface area contributed by atoms with Gasteiger partial charge in [0.1, 0.15) is 12.5 Å². The van der Waals surface area contributed by atoms with Crippen LogP contribution in [-0.2, 0) is 17.9 Å². The number of unbranched alkanes of at least 4 members (excludes halogenated alkanes) is 5. The largest absolute Gasteiger partial charge is 0.341 e. The summed E-state index contributed by atoms with van der Waals surface area (Å²) in [5.41, 5.74) is 1.01. The summed E-state index contributed by atoms with van der Waals surface area (Å²) in [7, 11) is 0. The Balaban J connectivity index is 2.03. The van der Waals surface area contributed by atoms with Crippen molar-refractivity contribution in [2.75, 3.05) is 11.9 Å². The molecule has 1 heterocycles. The van der Waals surface area contributed by atoms with Gasteiger partial charge in [0.2, 0.25) is 6.41 Å². The summed E-state index contributed by atoms with van der Waals surface area (Å²) in [4.78, 5) is 38.7. The molecule has 0 aliphatic rings. The van der Waals surface area contributed by atoms with Crippen LogP contribution in [0.3, 0.4) is 0 Å². The first-order valence-electron chi connectivity index (χ1n) is 10.5. The molecule has 0 aliphatic heterocycles. The van der Waals surface area contributed by atoms with Gasteiger partial charge < -0.3 is 10.2 Å². The Hall–Kier alpha value is -2.83. The Morgan fingerprint density at radius 3 is 2.38 bits per heavy atom. The second-order valence-corrected chi connectivity index (χ2v) is 7.24. The highest BCUT2D eigenvalue weighted by Gasteiger charge is 2.09. The van der Waals surface area contributed by atoms with Crippen LogP contribution in [0, 0.1) is 0 Å². The highest BCUT2D eigenvalue weighted by molar-refractivity contribution is 5.56. The summed E-state index contributed by atoms with van der Waals surface area (Å²) in [6, 6.07) is 9.34. The van der Waals surface area contributed by atoms with E-state index in [0.29, 0.717) is 18.8 Å². The topological polar surface area (TPSA) is 87.2 Å². The lowest BCUT2D eigenvalue weighted by Gasteiger charge is -2.19. The van der Waals surface area contributed by atoms with E-state index in [0.717, 1.165) is 12.1 Å². The van der Waals surface area contributed by atoms with E-state index in [1.165, 1.54) is 59.6 Å². The Kier molecular flexibility index (Phi) is 9.21. The molecule has 2 aromatic rings. The number of aromatic amines is 1. The van der Waals surface area contributed by atoms with Crippen LogP contribution in [0.2, 0.25) is 0 Å². The van der Waals surface area contributed by atoms with Gasteiger partial charge in [-0.15, -0.1) is 0 Å². The van der Waals surface area contributed by atoms with Crippen molar-refractivity contribution < 1.29 is 4.79 Å². The summed E-state index contributed by atoms with van der Waals surface area (Å²) in [6.45, 7) is 4.57. The number of nitrogens with one attached hydrogen (secondary N) is 2. The molecule has 1 aromatic carbocycles. The smallest absolute Gasteiger partial charge is 0.331 e. The molecule has 0 radical (unpaired) electrons. The molecule has 0 saturated heterocycles. The summed E-state index contributed by atoms with van der Waals surface area (Å²) >= 11 is 0. The fourth-order valence-electron chi connectivity index (χ4n) is 3.17. The molecule has 0 bridgehead atoms. The maximum Gasteiger partial charge on any atom is 0.331 e. The lowest BCUT2D eigenvalue weighted by molar-refractivity contribution is -0.119. The Bertz CT molecular complexity index is 871. The van der Waals surface area contributed by atoms with Crippen LogP contribution < -0.4 is 16.6 Å². The Morgan fingerprint density at radius 1 is 1.03 bits per heavy atom. The van der Waals surface area contributed by atoms with Crippen LogP contribution in [0.4, 0.5) is 11.5 Å². The number of benzene rings is 1. The highest BCUT2D eigenvalue weighted by Crippen LogP contribution is 2.17. The molecule has 0 fully saturated rings. The minimum atomic E-state index is -0.556. The highest BCUT2D eigenvalue weighted by atomic mass is 16.2. The number of rotatable bonds is 13. The predicted molar refractivity (Wildman–Crippen MR) is 117 cm³/mol. The van der Waals surface area contributed by atoms with E-state index in [2.05, 4.69) is 29.4 Å². The van der Waals surface area contributed by atoms with Crippen LogP contribution in [0.5, 0.6) is 0 Å². The number of nitrogens with zero attached hydrogens (tertiary/aromatic N) is 2. The Labute approximate surface area is 171 Å². The number of H-pyrrole nitrogens is 1. The van der Waals surface area contributed by atoms with Gasteiger partial charge in [-0.1, -0.05) is 51.2 Å². The van der Waals surface area contributed by atoms with E-state index in [-0.39, 0.29) is 6.67 Å². The standard InChI is InChI=1S/C22H32N4O3/c1-3-5-6-7-8-9-10-18-11-13-19(14-12-18)23-20-15-21(28)24-22(29)26(20)16-25(4-2)17-27/h11-15,17,23H,3-10,16H2,1-2H3,(H,24,28,29). The second kappa shape index (κ2) is 11.9. The quantitative estimate of drug-likeness (QED) is 0.397. The number of carbonyl (C=O) groups is 1. The summed E-state index contributed by atoms with van der Waals surface area (Å²) in [5.74, 6) is 0.350. The molecule has 0 spiro atoms. The van der Waals surface area contributed by atoms with Crippen LogP contribution in [-0.4, -0.2) is 27.4 Å². The summed E-state index contributed by atoms with van der Waals surface area (Å²) < 4.78 is 1.34. The number of amides is 1. The van der Waals surface area contributed by atoms with Crippen molar-refractivity contribution in [3.05, 3.63) is 56.7 Å². The number of anilines is 2. The van der Waals surface area contributed by atoms with E-state index in [9.17, 15) is 14.4 Å². The van der Waals surface area contributed by atoms with Gasteiger partial charge in [-0.2, -0.15) is 0 Å². The second-order valence-electron chi connectivity index (χ2n) is 7.24. The zero-order valence-corrected chi connectivity index (χ0v) is 17.4. The third kappa shape index (κ3) is 7.25.